The fourth-order valence-corrected chi connectivity index (χ4v) is 0.505. The molecule has 1 unspecified atom stereocenters. The van der Waals surface area contributed by atoms with Crippen LogP contribution in [-0.2, 0) is 0 Å². The Kier molecular flexibility index (Phi) is 4.33. The normalized spacial score (nSPS) is 13.5. The summed E-state index contributed by atoms with van der Waals surface area (Å²) in [6.07, 6.45) is 1.02. The van der Waals surface area contributed by atoms with E-state index in [0.29, 0.717) is 12.7 Å². The third-order valence-corrected chi connectivity index (χ3v) is 1.04. The molecule has 2 nitrogen and oxygen atoms in total. The fraction of sp³-hybridized carbons (Fsp3) is 1.00. The first-order chi connectivity index (χ1) is 3.63. The van der Waals surface area contributed by atoms with E-state index in [0.717, 1.165) is 0 Å². The minimum atomic E-state index is -1.20. The molecule has 0 aliphatic rings. The number of hydrogen-bond acceptors (Lipinski definition) is 2. The summed E-state index contributed by atoms with van der Waals surface area (Å²) in [5, 5.41) is 16.6. The molecule has 0 fully saturated rings. The first kappa shape index (κ1) is 8.27. The van der Waals surface area contributed by atoms with Gasteiger partial charge >= 0.3 is 7.12 Å². The Bertz CT molecular complexity index is 50.0. The van der Waals surface area contributed by atoms with Gasteiger partial charge in [-0.2, -0.15) is 0 Å². The highest BCUT2D eigenvalue weighted by atomic mass is 35.5. The molecule has 0 aliphatic heterocycles. The van der Waals surface area contributed by atoms with Crippen molar-refractivity contribution >= 4 is 18.7 Å². The van der Waals surface area contributed by atoms with Crippen LogP contribution in [0.25, 0.3) is 0 Å². The molecule has 0 spiro atoms. The minimum absolute atomic E-state index is 0.0387. The van der Waals surface area contributed by atoms with E-state index in [1.807, 2.05) is 6.92 Å². The van der Waals surface area contributed by atoms with Crippen molar-refractivity contribution in [2.75, 3.05) is 0 Å². The van der Waals surface area contributed by atoms with E-state index in [9.17, 15) is 0 Å². The van der Waals surface area contributed by atoms with E-state index in [-0.39, 0.29) is 5.38 Å². The molecule has 0 amide bonds. The van der Waals surface area contributed by atoms with Gasteiger partial charge in [0.1, 0.15) is 0 Å². The smallest absolute Gasteiger partial charge is 0.427 e. The monoisotopic (exact) mass is 136 g/mol. The highest BCUT2D eigenvalue weighted by Crippen LogP contribution is 2.04. The molecule has 0 aromatic carbocycles. The van der Waals surface area contributed by atoms with E-state index in [4.69, 9.17) is 21.6 Å². The SMILES string of the molecule is CC(Cl)CCB(O)O. The predicted octanol–water partition coefficient (Wildman–Crippen LogP) is 0.477. The molecule has 1 atom stereocenters. The van der Waals surface area contributed by atoms with Gasteiger partial charge in [-0.3, -0.25) is 0 Å². The molecule has 0 saturated carbocycles. The molecule has 0 rings (SSSR count). The van der Waals surface area contributed by atoms with Crippen molar-refractivity contribution in [2.24, 2.45) is 0 Å². The van der Waals surface area contributed by atoms with Crippen LogP contribution in [0.5, 0.6) is 0 Å². The van der Waals surface area contributed by atoms with Crippen molar-refractivity contribution in [3.63, 3.8) is 0 Å². The molecule has 48 valence electrons. The van der Waals surface area contributed by atoms with Crippen LogP contribution < -0.4 is 0 Å². The van der Waals surface area contributed by atoms with Gasteiger partial charge in [-0.05, 0) is 19.7 Å². The second-order valence-electron chi connectivity index (χ2n) is 1.84. The zero-order valence-corrected chi connectivity index (χ0v) is 5.60. The zero-order chi connectivity index (χ0) is 6.57. The first-order valence-corrected chi connectivity index (χ1v) is 3.06. The molecule has 8 heavy (non-hydrogen) atoms. The standard InChI is InChI=1S/C4H10BClO2/c1-4(6)2-3-5(7)8/h4,7-8H,2-3H2,1H3. The highest BCUT2D eigenvalue weighted by molar-refractivity contribution is 6.41. The fourth-order valence-electron chi connectivity index (χ4n) is 0.379. The van der Waals surface area contributed by atoms with Crippen molar-refractivity contribution < 1.29 is 10.0 Å². The third-order valence-electron chi connectivity index (χ3n) is 0.823. The summed E-state index contributed by atoms with van der Waals surface area (Å²) in [5.74, 6) is 0. The van der Waals surface area contributed by atoms with Crippen LogP contribution >= 0.6 is 11.6 Å². The molecule has 0 aromatic rings. The maximum absolute atomic E-state index is 8.30. The van der Waals surface area contributed by atoms with Gasteiger partial charge in [-0.15, -0.1) is 11.6 Å². The van der Waals surface area contributed by atoms with Gasteiger partial charge in [-0.25, -0.2) is 0 Å². The van der Waals surface area contributed by atoms with Gasteiger partial charge in [0.05, 0.1) is 0 Å². The quantitative estimate of drug-likeness (QED) is 0.438. The second-order valence-corrected chi connectivity index (χ2v) is 2.58. The van der Waals surface area contributed by atoms with Crippen molar-refractivity contribution in [1.29, 1.82) is 0 Å². The minimum Gasteiger partial charge on any atom is -0.427 e. The summed E-state index contributed by atoms with van der Waals surface area (Å²) < 4.78 is 0. The Morgan fingerprint density at radius 3 is 2.25 bits per heavy atom. The van der Waals surface area contributed by atoms with E-state index in [1.54, 1.807) is 0 Å². The average Bonchev–Trinajstić information content (AvgIpc) is 1.61. The number of rotatable bonds is 3. The third kappa shape index (κ3) is 6.27. The molecule has 4 heteroatoms. The topological polar surface area (TPSA) is 40.5 Å². The Hall–Kier alpha value is 0.275. The van der Waals surface area contributed by atoms with Crippen LogP contribution in [0.15, 0.2) is 0 Å². The molecule has 0 radical (unpaired) electrons. The van der Waals surface area contributed by atoms with Crippen LogP contribution in [0, 0.1) is 0 Å². The molecular formula is C4H10BClO2. The molecule has 0 heterocycles. The average molecular weight is 136 g/mol. The molecule has 0 bridgehead atoms. The number of hydrogen-bond donors (Lipinski definition) is 2. The van der Waals surface area contributed by atoms with Crippen molar-refractivity contribution in [3.05, 3.63) is 0 Å². The van der Waals surface area contributed by atoms with Crippen molar-refractivity contribution in [3.8, 4) is 0 Å². The lowest BCUT2D eigenvalue weighted by atomic mass is 9.84. The summed E-state index contributed by atoms with van der Waals surface area (Å²) in [7, 11) is -1.20. The highest BCUT2D eigenvalue weighted by Gasteiger charge is 2.07. The molecule has 2 N–H and O–H groups in total. The van der Waals surface area contributed by atoms with Crippen LogP contribution in [0.1, 0.15) is 13.3 Å². The van der Waals surface area contributed by atoms with E-state index < -0.39 is 7.12 Å². The van der Waals surface area contributed by atoms with E-state index in [1.165, 1.54) is 0 Å². The van der Waals surface area contributed by atoms with E-state index in [2.05, 4.69) is 0 Å². The van der Waals surface area contributed by atoms with Crippen molar-refractivity contribution in [2.45, 2.75) is 25.0 Å². The molecular weight excluding hydrogens is 126 g/mol. The second kappa shape index (κ2) is 4.18. The van der Waals surface area contributed by atoms with Gasteiger partial charge < -0.3 is 10.0 Å². The van der Waals surface area contributed by atoms with Crippen molar-refractivity contribution in [1.82, 2.24) is 0 Å². The maximum atomic E-state index is 8.30. The predicted molar refractivity (Wildman–Crippen MR) is 34.9 cm³/mol. The maximum Gasteiger partial charge on any atom is 0.451 e. The Balaban J connectivity index is 2.93. The summed E-state index contributed by atoms with van der Waals surface area (Å²) >= 11 is 5.50. The van der Waals surface area contributed by atoms with Gasteiger partial charge in [0.2, 0.25) is 0 Å². The lowest BCUT2D eigenvalue weighted by Crippen LogP contribution is -2.11. The summed E-state index contributed by atoms with van der Waals surface area (Å²) in [5.41, 5.74) is 0. The summed E-state index contributed by atoms with van der Waals surface area (Å²) in [6.45, 7) is 1.82. The summed E-state index contributed by atoms with van der Waals surface area (Å²) in [4.78, 5) is 0. The van der Waals surface area contributed by atoms with Gasteiger partial charge in [-0.1, -0.05) is 0 Å². The lowest BCUT2D eigenvalue weighted by molar-refractivity contribution is 0.403. The number of halogens is 1. The zero-order valence-electron chi connectivity index (χ0n) is 4.84. The van der Waals surface area contributed by atoms with Crippen LogP contribution in [0.4, 0.5) is 0 Å². The first-order valence-electron chi connectivity index (χ1n) is 2.63. The number of alkyl halides is 1. The van der Waals surface area contributed by atoms with Gasteiger partial charge in [0, 0.05) is 5.38 Å². The Labute approximate surface area is 54.6 Å². The largest absolute Gasteiger partial charge is 0.451 e. The molecule has 0 aromatic heterocycles. The lowest BCUT2D eigenvalue weighted by Gasteiger charge is -1.98. The van der Waals surface area contributed by atoms with Crippen LogP contribution in [0.2, 0.25) is 6.32 Å². The van der Waals surface area contributed by atoms with E-state index >= 15 is 0 Å². The van der Waals surface area contributed by atoms with Gasteiger partial charge in [0.15, 0.2) is 0 Å². The Morgan fingerprint density at radius 2 is 2.12 bits per heavy atom. The molecule has 0 saturated heterocycles. The van der Waals surface area contributed by atoms with Crippen LogP contribution in [0.3, 0.4) is 0 Å². The summed E-state index contributed by atoms with van der Waals surface area (Å²) in [6, 6.07) is 0. The Morgan fingerprint density at radius 1 is 1.62 bits per heavy atom. The van der Waals surface area contributed by atoms with Crippen LogP contribution in [-0.4, -0.2) is 22.5 Å². The van der Waals surface area contributed by atoms with Gasteiger partial charge in [0.25, 0.3) is 0 Å². The molecule has 0 aliphatic carbocycles.